The van der Waals surface area contributed by atoms with E-state index in [0.717, 1.165) is 0 Å². The SMILES string of the molecule is [Hf+4].[Nb+5].[O-2].[O-2]. The molecule has 0 saturated carbocycles. The van der Waals surface area contributed by atoms with Crippen molar-refractivity contribution in [3.63, 3.8) is 0 Å². The topological polar surface area (TPSA) is 57.0 Å². The molecule has 4 heavy (non-hydrogen) atoms. The fourth-order valence-corrected chi connectivity index (χ4v) is 0. The fourth-order valence-electron chi connectivity index (χ4n) is 0. The molecule has 4 heteroatoms. The van der Waals surface area contributed by atoms with E-state index in [1.165, 1.54) is 0 Å². The van der Waals surface area contributed by atoms with Crippen LogP contribution >= 0.6 is 0 Å². The smallest absolute Gasteiger partial charge is 2.00 e. The monoisotopic (exact) mass is 305 g/mol. The Morgan fingerprint density at radius 3 is 0.750 bits per heavy atom. The summed E-state index contributed by atoms with van der Waals surface area (Å²) in [5, 5.41) is 0. The Hall–Kier alpha value is 1.53. The molecule has 0 fully saturated rings. The van der Waals surface area contributed by atoms with Gasteiger partial charge in [0, 0.05) is 0 Å². The predicted octanol–water partition coefficient (Wildman–Crippen LogP) is -0.243. The zero-order chi connectivity index (χ0) is 0. The van der Waals surface area contributed by atoms with Crippen LogP contribution < -0.4 is 0 Å². The van der Waals surface area contributed by atoms with Crippen LogP contribution in [0.2, 0.25) is 0 Å². The van der Waals surface area contributed by atoms with E-state index in [0.29, 0.717) is 0 Å². The van der Waals surface area contributed by atoms with Gasteiger partial charge in [0.05, 0.1) is 0 Å². The van der Waals surface area contributed by atoms with Crippen LogP contribution in [0, 0.1) is 0 Å². The maximum absolute atomic E-state index is 0. The molecule has 0 aromatic rings. The molecule has 0 heterocycles. The Labute approximate surface area is 58.9 Å². The molecule has 0 aromatic carbocycles. The van der Waals surface area contributed by atoms with Gasteiger partial charge in [0.2, 0.25) is 0 Å². The van der Waals surface area contributed by atoms with Crippen molar-refractivity contribution in [1.82, 2.24) is 0 Å². The molecular formula is HfNbO2+5. The van der Waals surface area contributed by atoms with Gasteiger partial charge in [-0.1, -0.05) is 0 Å². The van der Waals surface area contributed by atoms with Crippen LogP contribution in [0.5, 0.6) is 0 Å². The van der Waals surface area contributed by atoms with Crippen LogP contribution in [0.15, 0.2) is 0 Å². The number of hydrogen-bond donors (Lipinski definition) is 0. The minimum Gasteiger partial charge on any atom is -2.00 e. The third-order valence-electron chi connectivity index (χ3n) is 0. The summed E-state index contributed by atoms with van der Waals surface area (Å²) in [5.74, 6) is 0. The average Bonchev–Trinajstić information content (AvgIpc) is 0. The number of hydrogen-bond acceptors (Lipinski definition) is 0. The van der Waals surface area contributed by atoms with Crippen molar-refractivity contribution in [3.8, 4) is 0 Å². The standard InChI is InChI=1S/Hf.Nb.2O/q+4;+5;2*-2. The zero-order valence-electron chi connectivity index (χ0n) is 1.76. The van der Waals surface area contributed by atoms with E-state index in [9.17, 15) is 0 Å². The summed E-state index contributed by atoms with van der Waals surface area (Å²) in [5.41, 5.74) is 0. The van der Waals surface area contributed by atoms with Crippen LogP contribution in [0.4, 0.5) is 0 Å². The third kappa shape index (κ3) is 9.65. The second kappa shape index (κ2) is 24.1. The van der Waals surface area contributed by atoms with E-state index in [2.05, 4.69) is 0 Å². The molecule has 0 N–H and O–H groups in total. The van der Waals surface area contributed by atoms with Gasteiger partial charge < -0.3 is 11.0 Å². The molecule has 0 bridgehead atoms. The second-order valence-electron chi connectivity index (χ2n) is 0. The molecule has 2 nitrogen and oxygen atoms in total. The van der Waals surface area contributed by atoms with Gasteiger partial charge in [0.25, 0.3) is 0 Å². The van der Waals surface area contributed by atoms with Crippen molar-refractivity contribution in [2.45, 2.75) is 0 Å². The molecule has 0 radical (unpaired) electrons. The molecule has 0 unspecified atom stereocenters. The largest absolute Gasteiger partial charge is 5.00 e. The molecule has 16 valence electrons. The van der Waals surface area contributed by atoms with Gasteiger partial charge in [-0.2, -0.15) is 0 Å². The Balaban J connectivity index is 0. The van der Waals surface area contributed by atoms with Crippen molar-refractivity contribution in [1.29, 1.82) is 0 Å². The summed E-state index contributed by atoms with van der Waals surface area (Å²) < 4.78 is 0. The quantitative estimate of drug-likeness (QED) is 0.555. The Morgan fingerprint density at radius 1 is 0.750 bits per heavy atom. The molecule has 0 aliphatic carbocycles. The van der Waals surface area contributed by atoms with E-state index in [-0.39, 0.29) is 59.2 Å². The summed E-state index contributed by atoms with van der Waals surface area (Å²) >= 11 is 0. The Bertz CT molecular complexity index is 6.00. The molecule has 0 aliphatic rings. The second-order valence-corrected chi connectivity index (χ2v) is 0. The summed E-state index contributed by atoms with van der Waals surface area (Å²) in [7, 11) is 0. The first-order valence-electron chi connectivity index (χ1n) is 0. The molecule has 0 aliphatic heterocycles. The van der Waals surface area contributed by atoms with E-state index >= 15 is 0 Å². The van der Waals surface area contributed by atoms with E-state index < -0.39 is 0 Å². The first kappa shape index (κ1) is 48.5. The van der Waals surface area contributed by atoms with Crippen LogP contribution in [-0.2, 0) is 59.2 Å². The van der Waals surface area contributed by atoms with Gasteiger partial charge in [0.15, 0.2) is 0 Å². The van der Waals surface area contributed by atoms with Crippen molar-refractivity contribution in [2.75, 3.05) is 0 Å². The minimum absolute atomic E-state index is 0. The molecular weight excluding hydrogens is 303 g/mol. The van der Waals surface area contributed by atoms with Crippen molar-refractivity contribution in [2.24, 2.45) is 0 Å². The summed E-state index contributed by atoms with van der Waals surface area (Å²) in [6.45, 7) is 0. The maximum atomic E-state index is 0. The zero-order valence-corrected chi connectivity index (χ0v) is 7.55. The van der Waals surface area contributed by atoms with Gasteiger partial charge in [-0.3, -0.25) is 0 Å². The predicted molar refractivity (Wildman–Crippen MR) is 1.37 cm³/mol. The van der Waals surface area contributed by atoms with Crippen molar-refractivity contribution < 1.29 is 59.2 Å². The molecule has 0 rings (SSSR count). The van der Waals surface area contributed by atoms with E-state index in [4.69, 9.17) is 0 Å². The first-order valence-corrected chi connectivity index (χ1v) is 0. The van der Waals surface area contributed by atoms with Crippen LogP contribution in [-0.4, -0.2) is 0 Å². The van der Waals surface area contributed by atoms with Gasteiger partial charge in [-0.25, -0.2) is 0 Å². The van der Waals surface area contributed by atoms with Crippen molar-refractivity contribution >= 4 is 0 Å². The van der Waals surface area contributed by atoms with Crippen LogP contribution in [0.25, 0.3) is 0 Å². The van der Waals surface area contributed by atoms with Gasteiger partial charge in [0.1, 0.15) is 0 Å². The Morgan fingerprint density at radius 2 is 0.750 bits per heavy atom. The molecule has 0 atom stereocenters. The minimum atomic E-state index is 0. The van der Waals surface area contributed by atoms with Gasteiger partial charge in [-0.15, -0.1) is 0 Å². The Kier molecular flexibility index (Phi) is 292. The number of rotatable bonds is 0. The van der Waals surface area contributed by atoms with Crippen LogP contribution in [0.1, 0.15) is 0 Å². The summed E-state index contributed by atoms with van der Waals surface area (Å²) in [6.07, 6.45) is 0. The van der Waals surface area contributed by atoms with Crippen LogP contribution in [0.3, 0.4) is 0 Å². The maximum Gasteiger partial charge on any atom is 5.00 e. The summed E-state index contributed by atoms with van der Waals surface area (Å²) in [4.78, 5) is 0. The normalized spacial score (nSPS) is 0. The van der Waals surface area contributed by atoms with E-state index in [1.54, 1.807) is 0 Å². The van der Waals surface area contributed by atoms with Gasteiger partial charge in [-0.05, 0) is 0 Å². The first-order chi connectivity index (χ1) is 0. The average molecular weight is 303 g/mol. The molecule has 0 saturated heterocycles. The molecule has 0 amide bonds. The van der Waals surface area contributed by atoms with Crippen molar-refractivity contribution in [3.05, 3.63) is 0 Å². The van der Waals surface area contributed by atoms with Gasteiger partial charge >= 0.3 is 48.2 Å². The van der Waals surface area contributed by atoms with E-state index in [1.807, 2.05) is 0 Å². The molecule has 0 spiro atoms. The molecule has 0 aromatic heterocycles. The fraction of sp³-hybridized carbons (Fsp3) is 0. The summed E-state index contributed by atoms with van der Waals surface area (Å²) in [6, 6.07) is 0. The third-order valence-corrected chi connectivity index (χ3v) is 0.